The molecule has 0 aliphatic carbocycles. The molecule has 1 N–H and O–H groups in total. The van der Waals surface area contributed by atoms with Gasteiger partial charge in [-0.3, -0.25) is 14.2 Å². The molecular weight excluding hydrogens is 436 g/mol. The zero-order chi connectivity index (χ0) is 21.4. The number of benzene rings is 1. The van der Waals surface area contributed by atoms with Gasteiger partial charge in [0, 0.05) is 22.9 Å². The number of rotatable bonds is 5. The number of carbonyl (C=O) groups excluding carboxylic acids is 1. The molecular formula is C21H20N4O2S3. The quantitative estimate of drug-likeness (QED) is 0.343. The number of aryl methyl sites for hydroxylation is 2. The molecule has 1 aromatic carbocycles. The molecule has 3 heterocycles. The number of thiazole rings is 1. The lowest BCUT2D eigenvalue weighted by molar-refractivity contribution is -0.115. The van der Waals surface area contributed by atoms with Crippen molar-refractivity contribution in [2.75, 3.05) is 5.32 Å². The van der Waals surface area contributed by atoms with Gasteiger partial charge in [-0.1, -0.05) is 42.1 Å². The number of carbonyl (C=O) groups is 1. The lowest BCUT2D eigenvalue weighted by Crippen LogP contribution is -2.25. The standard InChI is InChI=1S/C21H20N4O2S3/c1-11-12(2)29-18-16(11)19(27)25(4)21(24-18)30-13(3)17(26)23-20-22-15(10-28-20)14-8-6-5-7-9-14/h5-10,13H,1-4H3,(H,22,23,26). The van der Waals surface area contributed by atoms with Gasteiger partial charge in [0.25, 0.3) is 5.56 Å². The molecule has 9 heteroatoms. The largest absolute Gasteiger partial charge is 0.301 e. The van der Waals surface area contributed by atoms with Gasteiger partial charge >= 0.3 is 0 Å². The molecule has 0 spiro atoms. The van der Waals surface area contributed by atoms with Crippen LogP contribution in [0.5, 0.6) is 0 Å². The van der Waals surface area contributed by atoms with Crippen molar-refractivity contribution in [2.24, 2.45) is 7.05 Å². The van der Waals surface area contributed by atoms with Crippen LogP contribution in [0, 0.1) is 13.8 Å². The van der Waals surface area contributed by atoms with Crippen LogP contribution in [-0.2, 0) is 11.8 Å². The first-order valence-corrected chi connectivity index (χ1v) is 11.9. The van der Waals surface area contributed by atoms with Crippen molar-refractivity contribution in [1.29, 1.82) is 0 Å². The molecule has 4 aromatic rings. The average molecular weight is 457 g/mol. The number of aromatic nitrogens is 3. The van der Waals surface area contributed by atoms with Crippen molar-refractivity contribution >= 4 is 55.7 Å². The number of fused-ring (bicyclic) bond motifs is 1. The number of anilines is 1. The molecule has 1 amide bonds. The first-order valence-electron chi connectivity index (χ1n) is 9.30. The molecule has 0 fully saturated rings. The van der Waals surface area contributed by atoms with Crippen LogP contribution in [0.25, 0.3) is 21.5 Å². The second-order valence-electron chi connectivity index (χ2n) is 6.88. The first-order chi connectivity index (χ1) is 14.3. The fourth-order valence-electron chi connectivity index (χ4n) is 2.95. The Morgan fingerprint density at radius 1 is 1.20 bits per heavy atom. The van der Waals surface area contributed by atoms with Crippen LogP contribution in [-0.4, -0.2) is 25.7 Å². The fourth-order valence-corrected chi connectivity index (χ4v) is 5.62. The second-order valence-corrected chi connectivity index (χ2v) is 10.2. The summed E-state index contributed by atoms with van der Waals surface area (Å²) in [5.41, 5.74) is 2.73. The molecule has 4 rings (SSSR count). The van der Waals surface area contributed by atoms with E-state index >= 15 is 0 Å². The molecule has 0 saturated carbocycles. The van der Waals surface area contributed by atoms with Crippen LogP contribution < -0.4 is 10.9 Å². The van der Waals surface area contributed by atoms with E-state index in [0.29, 0.717) is 15.7 Å². The van der Waals surface area contributed by atoms with Gasteiger partial charge in [-0.2, -0.15) is 0 Å². The van der Waals surface area contributed by atoms with Crippen molar-refractivity contribution in [3.05, 3.63) is 56.5 Å². The molecule has 0 bridgehead atoms. The third kappa shape index (κ3) is 3.92. The number of hydrogen-bond acceptors (Lipinski definition) is 7. The highest BCUT2D eigenvalue weighted by Gasteiger charge is 2.21. The van der Waals surface area contributed by atoms with Gasteiger partial charge in [0.05, 0.1) is 16.3 Å². The highest BCUT2D eigenvalue weighted by molar-refractivity contribution is 8.00. The maximum atomic E-state index is 12.8. The highest BCUT2D eigenvalue weighted by Crippen LogP contribution is 2.30. The Hall–Kier alpha value is -2.49. The lowest BCUT2D eigenvalue weighted by Gasteiger charge is -2.12. The van der Waals surface area contributed by atoms with E-state index < -0.39 is 5.25 Å². The maximum Gasteiger partial charge on any atom is 0.262 e. The van der Waals surface area contributed by atoms with E-state index in [4.69, 9.17) is 0 Å². The Morgan fingerprint density at radius 3 is 2.67 bits per heavy atom. The van der Waals surface area contributed by atoms with Crippen molar-refractivity contribution in [3.8, 4) is 11.3 Å². The first kappa shape index (κ1) is 20.8. The number of thioether (sulfide) groups is 1. The van der Waals surface area contributed by atoms with Gasteiger partial charge in [0.1, 0.15) is 4.83 Å². The molecule has 6 nitrogen and oxygen atoms in total. The SMILES string of the molecule is Cc1sc2nc(SC(C)C(=O)Nc3nc(-c4ccccc4)cs3)n(C)c(=O)c2c1C. The van der Waals surface area contributed by atoms with Crippen LogP contribution in [0.2, 0.25) is 0 Å². The smallest absolute Gasteiger partial charge is 0.262 e. The minimum absolute atomic E-state index is 0.0793. The third-order valence-corrected chi connectivity index (χ3v) is 7.83. The summed E-state index contributed by atoms with van der Waals surface area (Å²) in [5.74, 6) is -0.179. The van der Waals surface area contributed by atoms with Crippen molar-refractivity contribution in [3.63, 3.8) is 0 Å². The van der Waals surface area contributed by atoms with E-state index in [-0.39, 0.29) is 11.5 Å². The predicted molar refractivity (Wildman–Crippen MR) is 126 cm³/mol. The van der Waals surface area contributed by atoms with Crippen LogP contribution in [0.4, 0.5) is 5.13 Å². The molecule has 1 unspecified atom stereocenters. The topological polar surface area (TPSA) is 76.9 Å². The maximum absolute atomic E-state index is 12.8. The van der Waals surface area contributed by atoms with Crippen LogP contribution in [0.1, 0.15) is 17.4 Å². The third-order valence-electron chi connectivity index (χ3n) is 4.82. The summed E-state index contributed by atoms with van der Waals surface area (Å²) in [6.45, 7) is 5.73. The summed E-state index contributed by atoms with van der Waals surface area (Å²) in [6, 6.07) is 9.83. The minimum Gasteiger partial charge on any atom is -0.301 e. The van der Waals surface area contributed by atoms with E-state index in [2.05, 4.69) is 15.3 Å². The molecule has 0 aliphatic heterocycles. The van der Waals surface area contributed by atoms with E-state index in [0.717, 1.165) is 26.5 Å². The number of nitrogens with one attached hydrogen (secondary N) is 1. The van der Waals surface area contributed by atoms with Crippen molar-refractivity contribution in [2.45, 2.75) is 31.2 Å². The van der Waals surface area contributed by atoms with Crippen LogP contribution >= 0.6 is 34.4 Å². The molecule has 0 aliphatic rings. The summed E-state index contributed by atoms with van der Waals surface area (Å²) in [4.78, 5) is 36.4. The fraction of sp³-hybridized carbons (Fsp3) is 0.238. The zero-order valence-electron chi connectivity index (χ0n) is 16.9. The van der Waals surface area contributed by atoms with Gasteiger partial charge in [-0.05, 0) is 26.3 Å². The Morgan fingerprint density at radius 2 is 1.93 bits per heavy atom. The van der Waals surface area contributed by atoms with Gasteiger partial charge in [-0.25, -0.2) is 9.97 Å². The molecule has 1 atom stereocenters. The van der Waals surface area contributed by atoms with Crippen molar-refractivity contribution < 1.29 is 4.79 Å². The average Bonchev–Trinajstić information content (AvgIpc) is 3.31. The normalized spacial score (nSPS) is 12.3. The summed E-state index contributed by atoms with van der Waals surface area (Å²) in [7, 11) is 1.70. The van der Waals surface area contributed by atoms with E-state index in [1.807, 2.05) is 49.6 Å². The number of amides is 1. The number of nitrogens with zero attached hydrogens (tertiary/aromatic N) is 3. The summed E-state index contributed by atoms with van der Waals surface area (Å²) in [5, 5.41) is 6.10. The molecule has 30 heavy (non-hydrogen) atoms. The van der Waals surface area contributed by atoms with Gasteiger partial charge < -0.3 is 5.32 Å². The van der Waals surface area contributed by atoms with Crippen LogP contribution in [0.3, 0.4) is 0 Å². The number of hydrogen-bond donors (Lipinski definition) is 1. The minimum atomic E-state index is -0.438. The molecule has 154 valence electrons. The molecule has 3 aromatic heterocycles. The van der Waals surface area contributed by atoms with Gasteiger partial charge in [0.2, 0.25) is 5.91 Å². The second kappa shape index (κ2) is 8.33. The summed E-state index contributed by atoms with van der Waals surface area (Å²) < 4.78 is 1.52. The highest BCUT2D eigenvalue weighted by atomic mass is 32.2. The lowest BCUT2D eigenvalue weighted by atomic mass is 10.2. The van der Waals surface area contributed by atoms with Gasteiger partial charge in [-0.15, -0.1) is 22.7 Å². The molecule has 0 radical (unpaired) electrons. The monoisotopic (exact) mass is 456 g/mol. The Labute approximate surface area is 186 Å². The Bertz CT molecular complexity index is 1290. The Kier molecular flexibility index (Phi) is 5.77. The van der Waals surface area contributed by atoms with Gasteiger partial charge in [0.15, 0.2) is 10.3 Å². The summed E-state index contributed by atoms with van der Waals surface area (Å²) in [6.07, 6.45) is 0. The van der Waals surface area contributed by atoms with E-state index in [1.54, 1.807) is 14.0 Å². The molecule has 0 saturated heterocycles. The van der Waals surface area contributed by atoms with Crippen LogP contribution in [0.15, 0.2) is 45.7 Å². The predicted octanol–water partition coefficient (Wildman–Crippen LogP) is 4.85. The number of thiophene rings is 1. The van der Waals surface area contributed by atoms with E-state index in [1.165, 1.54) is 39.0 Å². The zero-order valence-corrected chi connectivity index (χ0v) is 19.4. The van der Waals surface area contributed by atoms with Crippen molar-refractivity contribution in [1.82, 2.24) is 14.5 Å². The Balaban J connectivity index is 1.51. The van der Waals surface area contributed by atoms with E-state index in [9.17, 15) is 9.59 Å². The summed E-state index contributed by atoms with van der Waals surface area (Å²) >= 11 is 4.16.